The number of carbonyl (C=O) groups excluding carboxylic acids is 1. The topological polar surface area (TPSA) is 66.5 Å². The number of rotatable bonds is 6. The number of sulfonamides is 1. The van der Waals surface area contributed by atoms with Gasteiger partial charge in [-0.1, -0.05) is 19.9 Å². The number of nitrogens with zero attached hydrogens (tertiary/aromatic N) is 1. The maximum Gasteiger partial charge on any atom is 0.227 e. The van der Waals surface area contributed by atoms with Gasteiger partial charge < -0.3 is 5.32 Å². The Kier molecular flexibility index (Phi) is 5.81. The molecule has 5 nitrogen and oxygen atoms in total. The number of hydrogen-bond donors (Lipinski definition) is 1. The first-order valence-corrected chi connectivity index (χ1v) is 9.92. The lowest BCUT2D eigenvalue weighted by atomic mass is 9.99. The number of nitrogens with one attached hydrogen (secondary N) is 1. The molecule has 0 spiro atoms. The number of hydrogen-bond acceptors (Lipinski definition) is 3. The third kappa shape index (κ3) is 4.12. The Hall–Kier alpha value is -1.40. The molecule has 0 aromatic heterocycles. The van der Waals surface area contributed by atoms with Crippen molar-refractivity contribution in [1.82, 2.24) is 4.31 Å². The van der Waals surface area contributed by atoms with Gasteiger partial charge in [-0.15, -0.1) is 0 Å². The third-order valence-electron chi connectivity index (χ3n) is 4.57. The minimum Gasteiger partial charge on any atom is -0.326 e. The van der Waals surface area contributed by atoms with Crippen LogP contribution >= 0.6 is 0 Å². The lowest BCUT2D eigenvalue weighted by Crippen LogP contribution is -2.36. The van der Waals surface area contributed by atoms with E-state index in [1.165, 1.54) is 4.31 Å². The molecule has 0 bridgehead atoms. The standard InChI is InChI=1S/C17H26N2O3S/c1-4-13(5-2)17(20)18-16-8-7-14-9-10-19(12-15(14)11-16)23(21,22)6-3/h7-8,11,13H,4-6,9-10,12H2,1-3H3,(H,18,20). The molecule has 0 aliphatic carbocycles. The molecule has 0 saturated heterocycles. The van der Waals surface area contributed by atoms with Gasteiger partial charge in [-0.25, -0.2) is 8.42 Å². The highest BCUT2D eigenvalue weighted by Gasteiger charge is 2.25. The van der Waals surface area contributed by atoms with E-state index in [2.05, 4.69) is 5.32 Å². The average Bonchev–Trinajstić information content (AvgIpc) is 2.55. The van der Waals surface area contributed by atoms with Gasteiger partial charge in [-0.05, 0) is 49.4 Å². The maximum atomic E-state index is 12.2. The fourth-order valence-corrected chi connectivity index (χ4v) is 4.00. The average molecular weight is 338 g/mol. The van der Waals surface area contributed by atoms with Gasteiger partial charge in [-0.3, -0.25) is 4.79 Å². The first-order valence-electron chi connectivity index (χ1n) is 8.31. The molecule has 2 rings (SSSR count). The molecule has 1 heterocycles. The molecule has 1 aromatic carbocycles. The molecule has 1 N–H and O–H groups in total. The Balaban J connectivity index is 2.16. The Labute approximate surface area is 139 Å². The number of carbonyl (C=O) groups is 1. The largest absolute Gasteiger partial charge is 0.326 e. The van der Waals surface area contributed by atoms with Crippen molar-refractivity contribution in [2.24, 2.45) is 5.92 Å². The summed E-state index contributed by atoms with van der Waals surface area (Å²) in [6.45, 7) is 6.60. The van der Waals surface area contributed by atoms with E-state index in [4.69, 9.17) is 0 Å². The van der Waals surface area contributed by atoms with E-state index in [9.17, 15) is 13.2 Å². The van der Waals surface area contributed by atoms with Crippen molar-refractivity contribution in [2.75, 3.05) is 17.6 Å². The third-order valence-corrected chi connectivity index (χ3v) is 6.39. The van der Waals surface area contributed by atoms with Crippen molar-refractivity contribution < 1.29 is 13.2 Å². The van der Waals surface area contributed by atoms with E-state index in [1.54, 1.807) is 6.92 Å². The summed E-state index contributed by atoms with van der Waals surface area (Å²) in [7, 11) is -3.18. The smallest absolute Gasteiger partial charge is 0.227 e. The summed E-state index contributed by atoms with van der Waals surface area (Å²) in [5, 5.41) is 2.95. The van der Waals surface area contributed by atoms with Crippen LogP contribution in [-0.2, 0) is 27.8 Å². The molecule has 0 radical (unpaired) electrons. The summed E-state index contributed by atoms with van der Waals surface area (Å²) in [6, 6.07) is 5.81. The molecule has 1 aliphatic heterocycles. The van der Waals surface area contributed by atoms with Gasteiger partial charge in [0, 0.05) is 24.7 Å². The first-order chi connectivity index (χ1) is 10.9. The predicted octanol–water partition coefficient (Wildman–Crippen LogP) is 2.77. The molecule has 1 aliphatic rings. The van der Waals surface area contributed by atoms with Gasteiger partial charge in [0.15, 0.2) is 0 Å². The molecule has 6 heteroatoms. The fraction of sp³-hybridized carbons (Fsp3) is 0.588. The zero-order valence-corrected chi connectivity index (χ0v) is 14.9. The highest BCUT2D eigenvalue weighted by atomic mass is 32.2. The van der Waals surface area contributed by atoms with Crippen LogP contribution in [0.2, 0.25) is 0 Å². The summed E-state index contributed by atoms with van der Waals surface area (Å²) in [5.74, 6) is 0.166. The van der Waals surface area contributed by atoms with Gasteiger partial charge >= 0.3 is 0 Å². The van der Waals surface area contributed by atoms with Crippen LogP contribution in [0, 0.1) is 5.92 Å². The monoisotopic (exact) mass is 338 g/mol. The predicted molar refractivity (Wildman–Crippen MR) is 92.7 cm³/mol. The van der Waals surface area contributed by atoms with E-state index in [0.29, 0.717) is 13.1 Å². The van der Waals surface area contributed by atoms with Crippen molar-refractivity contribution in [3.05, 3.63) is 29.3 Å². The van der Waals surface area contributed by atoms with E-state index in [-0.39, 0.29) is 17.6 Å². The van der Waals surface area contributed by atoms with Crippen molar-refractivity contribution in [3.63, 3.8) is 0 Å². The number of fused-ring (bicyclic) bond motifs is 1. The number of amides is 1. The maximum absolute atomic E-state index is 12.2. The fourth-order valence-electron chi connectivity index (χ4n) is 2.93. The van der Waals surface area contributed by atoms with Crippen LogP contribution in [0.25, 0.3) is 0 Å². The highest BCUT2D eigenvalue weighted by Crippen LogP contribution is 2.25. The summed E-state index contributed by atoms with van der Waals surface area (Å²) in [5.41, 5.74) is 2.89. The molecular formula is C17H26N2O3S. The molecule has 128 valence electrons. The lowest BCUT2D eigenvalue weighted by Gasteiger charge is -2.28. The van der Waals surface area contributed by atoms with Crippen molar-refractivity contribution >= 4 is 21.6 Å². The van der Waals surface area contributed by atoms with Crippen LogP contribution in [0.3, 0.4) is 0 Å². The van der Waals surface area contributed by atoms with Gasteiger partial charge in [0.1, 0.15) is 0 Å². The normalized spacial score (nSPS) is 15.5. The van der Waals surface area contributed by atoms with Crippen LogP contribution in [0.5, 0.6) is 0 Å². The van der Waals surface area contributed by atoms with E-state index in [1.807, 2.05) is 32.0 Å². The van der Waals surface area contributed by atoms with Crippen molar-refractivity contribution in [1.29, 1.82) is 0 Å². The van der Waals surface area contributed by atoms with Crippen molar-refractivity contribution in [3.8, 4) is 0 Å². The van der Waals surface area contributed by atoms with Gasteiger partial charge in [-0.2, -0.15) is 4.31 Å². The van der Waals surface area contributed by atoms with Gasteiger partial charge in [0.25, 0.3) is 0 Å². The van der Waals surface area contributed by atoms with E-state index < -0.39 is 10.0 Å². The highest BCUT2D eigenvalue weighted by molar-refractivity contribution is 7.89. The lowest BCUT2D eigenvalue weighted by molar-refractivity contribution is -0.120. The van der Waals surface area contributed by atoms with Crippen LogP contribution in [-0.4, -0.2) is 30.9 Å². The molecule has 0 saturated carbocycles. The Bertz CT molecular complexity index is 666. The molecule has 0 unspecified atom stereocenters. The van der Waals surface area contributed by atoms with Crippen LogP contribution in [0.1, 0.15) is 44.7 Å². The summed E-state index contributed by atoms with van der Waals surface area (Å²) < 4.78 is 25.6. The minimum absolute atomic E-state index is 0.0167. The molecular weight excluding hydrogens is 312 g/mol. The second-order valence-corrected chi connectivity index (χ2v) is 8.23. The molecule has 0 fully saturated rings. The van der Waals surface area contributed by atoms with E-state index in [0.717, 1.165) is 36.1 Å². The molecule has 1 amide bonds. The van der Waals surface area contributed by atoms with Crippen LogP contribution < -0.4 is 5.32 Å². The summed E-state index contributed by atoms with van der Waals surface area (Å²) in [4.78, 5) is 12.2. The van der Waals surface area contributed by atoms with Gasteiger partial charge in [0.2, 0.25) is 15.9 Å². The minimum atomic E-state index is -3.18. The molecule has 0 atom stereocenters. The zero-order valence-electron chi connectivity index (χ0n) is 14.1. The molecule has 1 aromatic rings. The van der Waals surface area contributed by atoms with Gasteiger partial charge in [0.05, 0.1) is 5.75 Å². The second-order valence-electron chi connectivity index (χ2n) is 5.97. The Morgan fingerprint density at radius 1 is 1.22 bits per heavy atom. The zero-order chi connectivity index (χ0) is 17.0. The SMILES string of the molecule is CCC(CC)C(=O)Nc1ccc2c(c1)CN(S(=O)(=O)CC)CC2. The summed E-state index contributed by atoms with van der Waals surface area (Å²) >= 11 is 0. The number of benzene rings is 1. The summed E-state index contributed by atoms with van der Waals surface area (Å²) in [6.07, 6.45) is 2.35. The first kappa shape index (κ1) is 17.9. The number of anilines is 1. The Morgan fingerprint density at radius 2 is 1.91 bits per heavy atom. The molecule has 23 heavy (non-hydrogen) atoms. The quantitative estimate of drug-likeness (QED) is 0.867. The Morgan fingerprint density at radius 3 is 2.52 bits per heavy atom. The van der Waals surface area contributed by atoms with E-state index >= 15 is 0 Å². The van der Waals surface area contributed by atoms with Crippen LogP contribution in [0.4, 0.5) is 5.69 Å². The van der Waals surface area contributed by atoms with Crippen molar-refractivity contribution in [2.45, 2.75) is 46.6 Å². The second kappa shape index (κ2) is 7.45. The van der Waals surface area contributed by atoms with Crippen LogP contribution in [0.15, 0.2) is 18.2 Å².